The van der Waals surface area contributed by atoms with Gasteiger partial charge in [0, 0.05) is 12.8 Å². The van der Waals surface area contributed by atoms with Gasteiger partial charge in [-0.05, 0) is 38.0 Å². The van der Waals surface area contributed by atoms with Crippen LogP contribution in [0.1, 0.15) is 78.1 Å². The van der Waals surface area contributed by atoms with Crippen molar-refractivity contribution in [3.63, 3.8) is 0 Å². The van der Waals surface area contributed by atoms with E-state index in [4.69, 9.17) is 4.74 Å². The van der Waals surface area contributed by atoms with Gasteiger partial charge in [-0.1, -0.05) is 33.1 Å². The van der Waals surface area contributed by atoms with E-state index in [1.54, 1.807) is 0 Å². The van der Waals surface area contributed by atoms with Crippen LogP contribution in [0.5, 0.6) is 0 Å². The number of ketones is 1. The van der Waals surface area contributed by atoms with E-state index in [1.807, 2.05) is 0 Å². The number of carbonyl (C=O) groups is 1. The lowest BCUT2D eigenvalue weighted by Gasteiger charge is -2.33. The number of ether oxygens (including phenoxy) is 1. The fraction of sp³-hybridized carbons (Fsp3) is 0.938. The normalized spacial score (nSPS) is 26.9. The highest BCUT2D eigenvalue weighted by atomic mass is 16.5. The van der Waals surface area contributed by atoms with Crippen molar-refractivity contribution in [2.45, 2.75) is 89.8 Å². The third-order valence-corrected chi connectivity index (χ3v) is 4.48. The quantitative estimate of drug-likeness (QED) is 0.730. The minimum absolute atomic E-state index is 0.212. The first-order valence-corrected chi connectivity index (χ1v) is 7.79. The Balaban J connectivity index is 1.71. The lowest BCUT2D eigenvalue weighted by molar-refractivity contribution is -0.121. The maximum Gasteiger partial charge on any atom is 0.133 e. The minimum Gasteiger partial charge on any atom is -0.372 e. The van der Waals surface area contributed by atoms with Crippen LogP contribution in [0.2, 0.25) is 0 Å². The smallest absolute Gasteiger partial charge is 0.133 e. The molecule has 2 aliphatic rings. The maximum absolute atomic E-state index is 11.7. The molecule has 2 rings (SSSR count). The molecule has 0 aromatic rings. The largest absolute Gasteiger partial charge is 0.372 e. The third kappa shape index (κ3) is 3.81. The first-order chi connectivity index (χ1) is 8.60. The first kappa shape index (κ1) is 14.0. The zero-order valence-electron chi connectivity index (χ0n) is 12.0. The molecule has 1 aliphatic carbocycles. The predicted molar refractivity (Wildman–Crippen MR) is 73.6 cm³/mol. The second-order valence-corrected chi connectivity index (χ2v) is 6.70. The summed E-state index contributed by atoms with van der Waals surface area (Å²) in [5, 5.41) is 0. The summed E-state index contributed by atoms with van der Waals surface area (Å²) in [4.78, 5) is 11.7. The zero-order valence-corrected chi connectivity index (χ0v) is 12.0. The highest BCUT2D eigenvalue weighted by Crippen LogP contribution is 2.42. The molecule has 1 atom stereocenters. The number of hydrogen-bond donors (Lipinski definition) is 0. The predicted octanol–water partition coefficient (Wildman–Crippen LogP) is 4.26. The van der Waals surface area contributed by atoms with Crippen LogP contribution in [0.25, 0.3) is 0 Å². The average molecular weight is 252 g/mol. The van der Waals surface area contributed by atoms with Gasteiger partial charge in [0.05, 0.1) is 11.7 Å². The molecule has 1 aliphatic heterocycles. The van der Waals surface area contributed by atoms with Crippen LogP contribution in [-0.4, -0.2) is 17.5 Å². The Kier molecular flexibility index (Phi) is 4.83. The molecule has 104 valence electrons. The standard InChI is InChI=1S/C16H28O2/c1-13(2)12-14(17)6-7-15-8-11-16(18-15)9-4-3-5-10-16/h13,15H,3-12H2,1-2H3. The molecule has 2 nitrogen and oxygen atoms in total. The van der Waals surface area contributed by atoms with Crippen LogP contribution in [-0.2, 0) is 9.53 Å². The Morgan fingerprint density at radius 2 is 1.94 bits per heavy atom. The Morgan fingerprint density at radius 1 is 1.22 bits per heavy atom. The molecule has 1 saturated heterocycles. The number of rotatable bonds is 5. The molecule has 0 aromatic heterocycles. The molecule has 0 N–H and O–H groups in total. The van der Waals surface area contributed by atoms with Gasteiger partial charge >= 0.3 is 0 Å². The zero-order chi connectivity index (χ0) is 13.0. The summed E-state index contributed by atoms with van der Waals surface area (Å²) in [6.45, 7) is 4.22. The van der Waals surface area contributed by atoms with Crippen molar-refractivity contribution in [1.82, 2.24) is 0 Å². The lowest BCUT2D eigenvalue weighted by Crippen LogP contribution is -2.31. The maximum atomic E-state index is 11.7. The van der Waals surface area contributed by atoms with Gasteiger partial charge in [0.2, 0.25) is 0 Å². The van der Waals surface area contributed by atoms with Crippen molar-refractivity contribution >= 4 is 5.78 Å². The number of Topliss-reactive ketones (excluding diaryl/α,β-unsaturated/α-hetero) is 1. The van der Waals surface area contributed by atoms with Crippen molar-refractivity contribution in [1.29, 1.82) is 0 Å². The van der Waals surface area contributed by atoms with Crippen LogP contribution in [0, 0.1) is 5.92 Å². The number of carbonyl (C=O) groups excluding carboxylic acids is 1. The third-order valence-electron chi connectivity index (χ3n) is 4.48. The van der Waals surface area contributed by atoms with Crippen LogP contribution in [0.4, 0.5) is 0 Å². The summed E-state index contributed by atoms with van der Waals surface area (Å²) in [5.74, 6) is 0.907. The lowest BCUT2D eigenvalue weighted by atomic mass is 9.83. The second-order valence-electron chi connectivity index (χ2n) is 6.70. The van der Waals surface area contributed by atoms with Gasteiger partial charge in [-0.15, -0.1) is 0 Å². The van der Waals surface area contributed by atoms with Crippen molar-refractivity contribution in [3.8, 4) is 0 Å². The summed E-state index contributed by atoms with van der Waals surface area (Å²) >= 11 is 0. The van der Waals surface area contributed by atoms with Crippen molar-refractivity contribution in [2.24, 2.45) is 5.92 Å². The van der Waals surface area contributed by atoms with Gasteiger partial charge in [0.15, 0.2) is 0 Å². The Bertz CT molecular complexity index is 277. The fourth-order valence-corrected chi connectivity index (χ4v) is 3.54. The molecule has 2 heteroatoms. The Labute approximate surface area is 111 Å². The molecule has 2 fully saturated rings. The average Bonchev–Trinajstić information content (AvgIpc) is 2.70. The highest BCUT2D eigenvalue weighted by molar-refractivity contribution is 5.78. The van der Waals surface area contributed by atoms with E-state index >= 15 is 0 Å². The molecule has 18 heavy (non-hydrogen) atoms. The van der Waals surface area contributed by atoms with Crippen LogP contribution >= 0.6 is 0 Å². The topological polar surface area (TPSA) is 26.3 Å². The van der Waals surface area contributed by atoms with E-state index in [-0.39, 0.29) is 5.60 Å². The van der Waals surface area contributed by atoms with Crippen molar-refractivity contribution in [3.05, 3.63) is 0 Å². The van der Waals surface area contributed by atoms with Crippen LogP contribution in [0.3, 0.4) is 0 Å². The monoisotopic (exact) mass is 252 g/mol. The molecular weight excluding hydrogens is 224 g/mol. The molecule has 1 heterocycles. The highest BCUT2D eigenvalue weighted by Gasteiger charge is 2.40. The van der Waals surface area contributed by atoms with E-state index in [9.17, 15) is 4.79 Å². The summed E-state index contributed by atoms with van der Waals surface area (Å²) in [6.07, 6.45) is 11.7. The van der Waals surface area contributed by atoms with E-state index < -0.39 is 0 Å². The number of hydrogen-bond acceptors (Lipinski definition) is 2. The summed E-state index contributed by atoms with van der Waals surface area (Å²) < 4.78 is 6.29. The Hall–Kier alpha value is -0.370. The van der Waals surface area contributed by atoms with E-state index in [1.165, 1.54) is 44.9 Å². The molecule has 1 spiro atoms. The van der Waals surface area contributed by atoms with E-state index in [0.29, 0.717) is 17.8 Å². The Morgan fingerprint density at radius 3 is 2.61 bits per heavy atom. The van der Waals surface area contributed by atoms with Gasteiger partial charge in [0.1, 0.15) is 5.78 Å². The van der Waals surface area contributed by atoms with Gasteiger partial charge < -0.3 is 4.74 Å². The molecule has 0 bridgehead atoms. The summed E-state index contributed by atoms with van der Waals surface area (Å²) in [5.41, 5.74) is 0.212. The van der Waals surface area contributed by atoms with E-state index in [0.717, 1.165) is 19.3 Å². The molecule has 1 saturated carbocycles. The van der Waals surface area contributed by atoms with Crippen molar-refractivity contribution < 1.29 is 9.53 Å². The molecule has 0 radical (unpaired) electrons. The minimum atomic E-state index is 0.212. The molecule has 0 aromatic carbocycles. The fourth-order valence-electron chi connectivity index (χ4n) is 3.54. The van der Waals surface area contributed by atoms with Gasteiger partial charge in [-0.25, -0.2) is 0 Å². The van der Waals surface area contributed by atoms with E-state index in [2.05, 4.69) is 13.8 Å². The van der Waals surface area contributed by atoms with Gasteiger partial charge in [0.25, 0.3) is 0 Å². The summed E-state index contributed by atoms with van der Waals surface area (Å²) in [6, 6.07) is 0. The van der Waals surface area contributed by atoms with Crippen molar-refractivity contribution in [2.75, 3.05) is 0 Å². The molecule has 0 amide bonds. The second kappa shape index (κ2) is 6.18. The first-order valence-electron chi connectivity index (χ1n) is 7.79. The SMILES string of the molecule is CC(C)CC(=O)CCC1CCC2(CCCCC2)O1. The molecule has 1 unspecified atom stereocenters. The van der Waals surface area contributed by atoms with Crippen LogP contribution in [0.15, 0.2) is 0 Å². The van der Waals surface area contributed by atoms with Gasteiger partial charge in [-0.3, -0.25) is 4.79 Å². The van der Waals surface area contributed by atoms with Crippen LogP contribution < -0.4 is 0 Å². The summed E-state index contributed by atoms with van der Waals surface area (Å²) in [7, 11) is 0. The van der Waals surface area contributed by atoms with Gasteiger partial charge in [-0.2, -0.15) is 0 Å². The molecular formula is C16H28O2.